The van der Waals surface area contributed by atoms with Crippen LogP contribution >= 0.6 is 0 Å². The largest absolute Gasteiger partial charge is 0.491 e. The standard InChI is InChI=1S/C23H32N6O3/c1-15(2)32-16-5-6-18(24)17(12-16)22(25)19-13-21(27-14-26-19)28-7-9-29(10-8-28)23(30)20-4-3-11-31-20/h5-6,12-15,20,22H,3-4,7-11,24-25H2,1-2H3. The lowest BCUT2D eigenvalue weighted by molar-refractivity contribution is -0.141. The predicted octanol–water partition coefficient (Wildman–Crippen LogP) is 1.72. The minimum absolute atomic E-state index is 0.0548. The van der Waals surface area contributed by atoms with E-state index in [9.17, 15) is 4.79 Å². The Hall–Kier alpha value is -2.91. The van der Waals surface area contributed by atoms with Gasteiger partial charge in [0.2, 0.25) is 0 Å². The van der Waals surface area contributed by atoms with Gasteiger partial charge in [-0.15, -0.1) is 0 Å². The van der Waals surface area contributed by atoms with Crippen molar-refractivity contribution in [2.45, 2.75) is 44.9 Å². The van der Waals surface area contributed by atoms with Gasteiger partial charge in [0.1, 0.15) is 24.0 Å². The van der Waals surface area contributed by atoms with Crippen molar-refractivity contribution in [3.63, 3.8) is 0 Å². The molecule has 2 aliphatic rings. The number of benzene rings is 1. The smallest absolute Gasteiger partial charge is 0.251 e. The fraction of sp³-hybridized carbons (Fsp3) is 0.522. The zero-order valence-electron chi connectivity index (χ0n) is 18.7. The molecule has 0 saturated carbocycles. The van der Waals surface area contributed by atoms with Crippen molar-refractivity contribution in [2.24, 2.45) is 5.73 Å². The Morgan fingerprint density at radius 2 is 1.97 bits per heavy atom. The molecule has 4 rings (SSSR count). The highest BCUT2D eigenvalue weighted by Crippen LogP contribution is 2.29. The molecule has 3 heterocycles. The molecular weight excluding hydrogens is 408 g/mol. The van der Waals surface area contributed by atoms with Gasteiger partial charge in [0.05, 0.1) is 17.8 Å². The Bertz CT molecular complexity index is 939. The predicted molar refractivity (Wildman–Crippen MR) is 122 cm³/mol. The van der Waals surface area contributed by atoms with Crippen molar-refractivity contribution < 1.29 is 14.3 Å². The molecule has 0 bridgehead atoms. The lowest BCUT2D eigenvalue weighted by Crippen LogP contribution is -2.51. The van der Waals surface area contributed by atoms with E-state index >= 15 is 0 Å². The third kappa shape index (κ3) is 4.94. The molecule has 2 fully saturated rings. The summed E-state index contributed by atoms with van der Waals surface area (Å²) in [5.74, 6) is 1.62. The molecule has 32 heavy (non-hydrogen) atoms. The summed E-state index contributed by atoms with van der Waals surface area (Å²) in [5, 5.41) is 0. The molecule has 2 aliphatic heterocycles. The number of ether oxygens (including phenoxy) is 2. The number of aromatic nitrogens is 2. The highest BCUT2D eigenvalue weighted by atomic mass is 16.5. The molecule has 2 unspecified atom stereocenters. The van der Waals surface area contributed by atoms with Crippen LogP contribution in [-0.2, 0) is 9.53 Å². The van der Waals surface area contributed by atoms with Crippen LogP contribution in [0.3, 0.4) is 0 Å². The first-order chi connectivity index (χ1) is 15.4. The fourth-order valence-corrected chi connectivity index (χ4v) is 4.16. The topological polar surface area (TPSA) is 120 Å². The monoisotopic (exact) mass is 440 g/mol. The average Bonchev–Trinajstić information content (AvgIpc) is 3.34. The van der Waals surface area contributed by atoms with Gasteiger partial charge in [0.15, 0.2) is 0 Å². The van der Waals surface area contributed by atoms with Gasteiger partial charge in [-0.2, -0.15) is 0 Å². The van der Waals surface area contributed by atoms with Crippen LogP contribution < -0.4 is 21.1 Å². The van der Waals surface area contributed by atoms with E-state index in [1.54, 1.807) is 6.07 Å². The summed E-state index contributed by atoms with van der Waals surface area (Å²) in [6.45, 7) is 7.31. The number of nitrogens with zero attached hydrogens (tertiary/aromatic N) is 4. The van der Waals surface area contributed by atoms with E-state index in [1.165, 1.54) is 6.33 Å². The van der Waals surface area contributed by atoms with Gasteiger partial charge in [-0.25, -0.2) is 9.97 Å². The molecule has 4 N–H and O–H groups in total. The van der Waals surface area contributed by atoms with E-state index in [-0.39, 0.29) is 18.1 Å². The van der Waals surface area contributed by atoms with Gasteiger partial charge >= 0.3 is 0 Å². The number of nitrogen functional groups attached to an aromatic ring is 1. The third-order valence-corrected chi connectivity index (χ3v) is 5.88. The van der Waals surface area contributed by atoms with Crippen LogP contribution in [0.1, 0.15) is 44.0 Å². The van der Waals surface area contributed by atoms with Crippen LogP contribution in [0.25, 0.3) is 0 Å². The first-order valence-electron chi connectivity index (χ1n) is 11.2. The van der Waals surface area contributed by atoms with E-state index in [0.29, 0.717) is 44.2 Å². The molecule has 1 aromatic heterocycles. The van der Waals surface area contributed by atoms with E-state index in [2.05, 4.69) is 14.9 Å². The Morgan fingerprint density at radius 1 is 1.19 bits per heavy atom. The highest BCUT2D eigenvalue weighted by Gasteiger charge is 2.30. The summed E-state index contributed by atoms with van der Waals surface area (Å²) in [5.41, 5.74) is 14.8. The molecule has 2 saturated heterocycles. The quantitative estimate of drug-likeness (QED) is 0.652. The summed E-state index contributed by atoms with van der Waals surface area (Å²) in [6.07, 6.45) is 3.08. The second kappa shape index (κ2) is 9.70. The summed E-state index contributed by atoms with van der Waals surface area (Å²) < 4.78 is 11.3. The number of hydrogen-bond acceptors (Lipinski definition) is 8. The van der Waals surface area contributed by atoms with Crippen LogP contribution in [0, 0.1) is 0 Å². The minimum atomic E-state index is -0.505. The van der Waals surface area contributed by atoms with Crippen molar-refractivity contribution >= 4 is 17.4 Å². The zero-order valence-corrected chi connectivity index (χ0v) is 18.7. The molecule has 1 amide bonds. The number of hydrogen-bond donors (Lipinski definition) is 2. The molecule has 0 aliphatic carbocycles. The van der Waals surface area contributed by atoms with Crippen LogP contribution in [0.15, 0.2) is 30.6 Å². The van der Waals surface area contributed by atoms with Crippen molar-refractivity contribution in [1.29, 1.82) is 0 Å². The molecule has 9 heteroatoms. The Kier molecular flexibility index (Phi) is 6.76. The number of carbonyl (C=O) groups is 1. The Balaban J connectivity index is 1.44. The van der Waals surface area contributed by atoms with Gasteiger partial charge in [-0.1, -0.05) is 0 Å². The maximum Gasteiger partial charge on any atom is 0.251 e. The van der Waals surface area contributed by atoms with Gasteiger partial charge in [-0.05, 0) is 44.9 Å². The van der Waals surface area contributed by atoms with E-state index < -0.39 is 6.04 Å². The summed E-state index contributed by atoms with van der Waals surface area (Å²) in [6, 6.07) is 6.91. The summed E-state index contributed by atoms with van der Waals surface area (Å²) in [4.78, 5) is 25.5. The molecule has 9 nitrogen and oxygen atoms in total. The molecule has 2 aromatic rings. The van der Waals surface area contributed by atoms with Crippen LogP contribution in [-0.4, -0.2) is 65.8 Å². The number of carbonyl (C=O) groups excluding carboxylic acids is 1. The van der Waals surface area contributed by atoms with Crippen molar-refractivity contribution in [1.82, 2.24) is 14.9 Å². The number of amides is 1. The van der Waals surface area contributed by atoms with Crippen molar-refractivity contribution in [3.8, 4) is 5.75 Å². The lowest BCUT2D eigenvalue weighted by atomic mass is 10.0. The second-order valence-corrected chi connectivity index (χ2v) is 8.55. The first kappa shape index (κ1) is 22.3. The van der Waals surface area contributed by atoms with Crippen molar-refractivity contribution in [2.75, 3.05) is 43.4 Å². The summed E-state index contributed by atoms with van der Waals surface area (Å²) in [7, 11) is 0. The van der Waals surface area contributed by atoms with Crippen molar-refractivity contribution in [3.05, 3.63) is 41.9 Å². The van der Waals surface area contributed by atoms with E-state index in [1.807, 2.05) is 36.9 Å². The number of rotatable bonds is 6. The molecule has 2 atom stereocenters. The fourth-order valence-electron chi connectivity index (χ4n) is 4.16. The molecular formula is C23H32N6O3. The maximum atomic E-state index is 12.6. The number of anilines is 2. The van der Waals surface area contributed by atoms with Crippen LogP contribution in [0.4, 0.5) is 11.5 Å². The molecule has 1 aromatic carbocycles. The van der Waals surface area contributed by atoms with E-state index in [0.717, 1.165) is 30.0 Å². The van der Waals surface area contributed by atoms with Gasteiger partial charge < -0.3 is 30.7 Å². The average molecular weight is 441 g/mol. The second-order valence-electron chi connectivity index (χ2n) is 8.55. The number of piperazine rings is 1. The normalized spacial score (nSPS) is 19.9. The van der Waals surface area contributed by atoms with Gasteiger partial charge in [-0.3, -0.25) is 4.79 Å². The van der Waals surface area contributed by atoms with E-state index in [4.69, 9.17) is 20.9 Å². The lowest BCUT2D eigenvalue weighted by Gasteiger charge is -2.36. The summed E-state index contributed by atoms with van der Waals surface area (Å²) >= 11 is 0. The Morgan fingerprint density at radius 3 is 2.66 bits per heavy atom. The Labute approximate surface area is 188 Å². The van der Waals surface area contributed by atoms with Crippen LogP contribution in [0.2, 0.25) is 0 Å². The SMILES string of the molecule is CC(C)Oc1ccc(N)c(C(N)c2cc(N3CCN(C(=O)C4CCCO4)CC3)ncn2)c1. The van der Waals surface area contributed by atoms with Crippen LogP contribution in [0.5, 0.6) is 5.75 Å². The maximum absolute atomic E-state index is 12.6. The highest BCUT2D eigenvalue weighted by molar-refractivity contribution is 5.81. The zero-order chi connectivity index (χ0) is 22.7. The molecule has 0 spiro atoms. The molecule has 0 radical (unpaired) electrons. The first-order valence-corrected chi connectivity index (χ1v) is 11.2. The van der Waals surface area contributed by atoms with Gasteiger partial charge in [0.25, 0.3) is 5.91 Å². The minimum Gasteiger partial charge on any atom is -0.491 e. The number of nitrogens with two attached hydrogens (primary N) is 2. The van der Waals surface area contributed by atoms with Gasteiger partial charge in [0, 0.05) is 50.1 Å². The molecule has 172 valence electrons. The third-order valence-electron chi connectivity index (χ3n) is 5.88.